The summed E-state index contributed by atoms with van der Waals surface area (Å²) in [6.07, 6.45) is 1.75. The molecule has 2 aromatic rings. The van der Waals surface area contributed by atoms with E-state index in [-0.39, 0.29) is 31.1 Å². The average molecular weight is 347 g/mol. The molecule has 0 unspecified atom stereocenters. The summed E-state index contributed by atoms with van der Waals surface area (Å²) in [4.78, 5) is 39.7. The number of nitrogens with zero attached hydrogens (tertiary/aromatic N) is 1. The van der Waals surface area contributed by atoms with Crippen LogP contribution in [0.15, 0.2) is 24.4 Å². The van der Waals surface area contributed by atoms with Crippen molar-refractivity contribution < 1.29 is 23.9 Å². The Labute approximate surface area is 142 Å². The maximum atomic E-state index is 13.2. The molecule has 25 heavy (non-hydrogen) atoms. The van der Waals surface area contributed by atoms with Gasteiger partial charge in [-0.2, -0.15) is 0 Å². The number of aromatic nitrogens is 1. The third-order valence-electron chi connectivity index (χ3n) is 4.48. The molecule has 1 fully saturated rings. The highest BCUT2D eigenvalue weighted by atomic mass is 19.1. The van der Waals surface area contributed by atoms with Gasteiger partial charge in [-0.3, -0.25) is 9.59 Å². The van der Waals surface area contributed by atoms with Gasteiger partial charge in [-0.05, 0) is 23.8 Å². The van der Waals surface area contributed by atoms with Gasteiger partial charge in [0.05, 0.1) is 5.92 Å². The fraction of sp³-hybridized carbons (Fsp3) is 0.353. The zero-order valence-corrected chi connectivity index (χ0v) is 13.6. The number of carbonyl (C=O) groups is 3. The van der Waals surface area contributed by atoms with Gasteiger partial charge < -0.3 is 20.3 Å². The van der Waals surface area contributed by atoms with Crippen molar-refractivity contribution in [2.75, 3.05) is 13.6 Å². The molecular formula is C17H18FN3O4. The number of rotatable bonds is 5. The van der Waals surface area contributed by atoms with E-state index in [4.69, 9.17) is 0 Å². The van der Waals surface area contributed by atoms with Gasteiger partial charge in [0, 0.05) is 43.5 Å². The molecule has 0 aliphatic carbocycles. The molecule has 7 nitrogen and oxygen atoms in total. The van der Waals surface area contributed by atoms with Gasteiger partial charge in [-0.25, -0.2) is 9.18 Å². The first-order valence-electron chi connectivity index (χ1n) is 7.88. The molecule has 1 saturated heterocycles. The van der Waals surface area contributed by atoms with Gasteiger partial charge in [0.25, 0.3) is 0 Å². The van der Waals surface area contributed by atoms with E-state index in [1.165, 1.54) is 17.0 Å². The fourth-order valence-corrected chi connectivity index (χ4v) is 3.08. The smallest absolute Gasteiger partial charge is 0.326 e. The molecule has 1 aromatic heterocycles. The van der Waals surface area contributed by atoms with Crippen molar-refractivity contribution in [2.24, 2.45) is 5.92 Å². The molecule has 2 amide bonds. The molecule has 0 saturated carbocycles. The topological polar surface area (TPSA) is 102 Å². The lowest BCUT2D eigenvalue weighted by atomic mass is 10.0. The number of fused-ring (bicyclic) bond motifs is 1. The van der Waals surface area contributed by atoms with Crippen LogP contribution in [0.5, 0.6) is 0 Å². The number of halogens is 1. The third kappa shape index (κ3) is 3.47. The van der Waals surface area contributed by atoms with Crippen LogP contribution < -0.4 is 5.32 Å². The molecule has 0 radical (unpaired) electrons. The number of nitrogens with one attached hydrogen (secondary N) is 2. The van der Waals surface area contributed by atoms with Crippen molar-refractivity contribution in [3.63, 3.8) is 0 Å². The zero-order valence-electron chi connectivity index (χ0n) is 13.6. The Morgan fingerprint density at radius 1 is 1.48 bits per heavy atom. The molecule has 0 spiro atoms. The lowest BCUT2D eigenvalue weighted by Crippen LogP contribution is -2.45. The van der Waals surface area contributed by atoms with Crippen LogP contribution in [0.4, 0.5) is 4.39 Å². The van der Waals surface area contributed by atoms with Gasteiger partial charge >= 0.3 is 5.97 Å². The number of H-pyrrole nitrogens is 1. The van der Waals surface area contributed by atoms with E-state index in [0.29, 0.717) is 16.5 Å². The molecule has 2 atom stereocenters. The molecule has 132 valence electrons. The Morgan fingerprint density at radius 3 is 2.88 bits per heavy atom. The summed E-state index contributed by atoms with van der Waals surface area (Å²) in [6, 6.07) is 3.07. The Kier molecular flexibility index (Phi) is 4.43. The average Bonchev–Trinajstić information content (AvgIpc) is 3.10. The van der Waals surface area contributed by atoms with Gasteiger partial charge in [0.15, 0.2) is 0 Å². The largest absolute Gasteiger partial charge is 0.480 e. The van der Waals surface area contributed by atoms with Crippen molar-refractivity contribution >= 4 is 28.7 Å². The fourth-order valence-electron chi connectivity index (χ4n) is 3.08. The lowest BCUT2D eigenvalue weighted by molar-refractivity contribution is -0.142. The number of hydrogen-bond acceptors (Lipinski definition) is 3. The van der Waals surface area contributed by atoms with Crippen LogP contribution in [-0.2, 0) is 20.8 Å². The van der Waals surface area contributed by atoms with Gasteiger partial charge in [0.2, 0.25) is 11.8 Å². The maximum Gasteiger partial charge on any atom is 0.326 e. The molecule has 1 aromatic carbocycles. The molecule has 8 heteroatoms. The highest BCUT2D eigenvalue weighted by Crippen LogP contribution is 2.21. The molecular weight excluding hydrogens is 329 g/mol. The van der Waals surface area contributed by atoms with Crippen LogP contribution in [0, 0.1) is 11.7 Å². The third-order valence-corrected chi connectivity index (χ3v) is 4.48. The summed E-state index contributed by atoms with van der Waals surface area (Å²) in [5, 5.41) is 12.6. The van der Waals surface area contributed by atoms with E-state index in [1.807, 2.05) is 0 Å². The normalized spacial score (nSPS) is 18.6. The van der Waals surface area contributed by atoms with E-state index < -0.39 is 23.8 Å². The summed E-state index contributed by atoms with van der Waals surface area (Å²) >= 11 is 0. The number of aromatic amines is 1. The minimum atomic E-state index is -1.16. The minimum absolute atomic E-state index is 0.0587. The van der Waals surface area contributed by atoms with Gasteiger partial charge in [-0.15, -0.1) is 0 Å². The Bertz CT molecular complexity index is 848. The van der Waals surface area contributed by atoms with Crippen molar-refractivity contribution in [3.05, 3.63) is 35.8 Å². The Hall–Kier alpha value is -2.90. The summed E-state index contributed by atoms with van der Waals surface area (Å²) in [5.41, 5.74) is 1.23. The Balaban J connectivity index is 1.74. The number of aliphatic carboxylic acids is 1. The zero-order chi connectivity index (χ0) is 18.1. The number of likely N-dealkylation sites (tertiary alicyclic amines) is 1. The summed E-state index contributed by atoms with van der Waals surface area (Å²) in [7, 11) is 1.61. The summed E-state index contributed by atoms with van der Waals surface area (Å²) in [5.74, 6) is -2.68. The lowest BCUT2D eigenvalue weighted by Gasteiger charge is -2.17. The van der Waals surface area contributed by atoms with Crippen molar-refractivity contribution in [3.8, 4) is 0 Å². The van der Waals surface area contributed by atoms with E-state index in [9.17, 15) is 23.9 Å². The number of carboxylic acids is 1. The second-order valence-electron chi connectivity index (χ2n) is 6.28. The van der Waals surface area contributed by atoms with E-state index >= 15 is 0 Å². The number of carboxylic acid groups (broad SMARTS) is 1. The van der Waals surface area contributed by atoms with Gasteiger partial charge in [0.1, 0.15) is 11.9 Å². The molecule has 2 heterocycles. The standard InChI is InChI=1S/C17H18FN3O4/c1-21-8-10(5-15(21)22)16(23)20-14(17(24)25)4-9-7-19-13-6-11(18)2-3-12(9)13/h2-3,6-7,10,14,19H,4-5,8H2,1H3,(H,20,23)(H,24,25)/t10-,14+/m1/s1. The summed E-state index contributed by atoms with van der Waals surface area (Å²) < 4.78 is 13.2. The molecule has 1 aliphatic heterocycles. The molecule has 0 bridgehead atoms. The number of amides is 2. The van der Waals surface area contributed by atoms with Crippen LogP contribution in [0.3, 0.4) is 0 Å². The van der Waals surface area contributed by atoms with Crippen LogP contribution in [-0.4, -0.2) is 52.4 Å². The summed E-state index contributed by atoms with van der Waals surface area (Å²) in [6.45, 7) is 0.281. The van der Waals surface area contributed by atoms with Crippen LogP contribution in [0.2, 0.25) is 0 Å². The van der Waals surface area contributed by atoms with Crippen LogP contribution in [0.25, 0.3) is 10.9 Å². The van der Waals surface area contributed by atoms with Crippen molar-refractivity contribution in [2.45, 2.75) is 18.9 Å². The number of hydrogen-bond donors (Lipinski definition) is 3. The number of benzene rings is 1. The van der Waals surface area contributed by atoms with Crippen molar-refractivity contribution in [1.82, 2.24) is 15.2 Å². The SMILES string of the molecule is CN1C[C@H](C(=O)N[C@@H](Cc2c[nH]c3cc(F)ccc23)C(=O)O)CC1=O. The van der Waals surface area contributed by atoms with E-state index in [1.54, 1.807) is 19.3 Å². The van der Waals surface area contributed by atoms with E-state index in [0.717, 1.165) is 0 Å². The van der Waals surface area contributed by atoms with Crippen molar-refractivity contribution in [1.29, 1.82) is 0 Å². The first-order chi connectivity index (χ1) is 11.8. The first-order valence-corrected chi connectivity index (χ1v) is 7.88. The maximum absolute atomic E-state index is 13.2. The molecule has 3 rings (SSSR count). The van der Waals surface area contributed by atoms with E-state index in [2.05, 4.69) is 10.3 Å². The predicted molar refractivity (Wildman–Crippen MR) is 87.3 cm³/mol. The minimum Gasteiger partial charge on any atom is -0.480 e. The monoisotopic (exact) mass is 347 g/mol. The number of carbonyl (C=O) groups excluding carboxylic acids is 2. The Morgan fingerprint density at radius 2 is 2.24 bits per heavy atom. The molecule has 1 aliphatic rings. The first kappa shape index (κ1) is 16.9. The highest BCUT2D eigenvalue weighted by Gasteiger charge is 2.34. The second-order valence-corrected chi connectivity index (χ2v) is 6.28. The quantitative estimate of drug-likeness (QED) is 0.748. The van der Waals surface area contributed by atoms with Crippen LogP contribution >= 0.6 is 0 Å². The van der Waals surface area contributed by atoms with Gasteiger partial charge in [-0.1, -0.05) is 0 Å². The van der Waals surface area contributed by atoms with Crippen LogP contribution in [0.1, 0.15) is 12.0 Å². The predicted octanol–water partition coefficient (Wildman–Crippen LogP) is 0.897. The second kappa shape index (κ2) is 6.54. The highest BCUT2D eigenvalue weighted by molar-refractivity contribution is 5.91. The molecule has 3 N–H and O–H groups in total.